The van der Waals surface area contributed by atoms with Gasteiger partial charge in [-0.3, -0.25) is 4.79 Å². The first-order chi connectivity index (χ1) is 11.0. The molecular formula is C19H20INO2. The van der Waals surface area contributed by atoms with Crippen molar-refractivity contribution in [2.24, 2.45) is 0 Å². The lowest BCUT2D eigenvalue weighted by atomic mass is 9.96. The maximum atomic E-state index is 12.3. The van der Waals surface area contributed by atoms with Crippen LogP contribution in [0.5, 0.6) is 0 Å². The van der Waals surface area contributed by atoms with E-state index in [1.54, 1.807) is 24.3 Å². The number of allylic oxidation sites excluding steroid dienone is 4. The molecule has 2 N–H and O–H groups in total. The van der Waals surface area contributed by atoms with Gasteiger partial charge in [-0.15, -0.1) is 20.7 Å². The summed E-state index contributed by atoms with van der Waals surface area (Å²) in [6, 6.07) is 6.85. The minimum atomic E-state index is -0.0866. The van der Waals surface area contributed by atoms with Gasteiger partial charge in [0.2, 0.25) is 0 Å². The normalized spacial score (nSPS) is 21.7. The number of hydrogen-bond donors (Lipinski definition) is 1. The highest BCUT2D eigenvalue weighted by Crippen LogP contribution is 2.35. The Hall–Kier alpha value is -1.69. The first kappa shape index (κ1) is 16.2. The largest absolute Gasteiger partial charge is 0.454 e. The van der Waals surface area contributed by atoms with Crippen LogP contribution in [0.4, 0.5) is 5.69 Å². The molecule has 1 heterocycles. The van der Waals surface area contributed by atoms with Gasteiger partial charge in [0, 0.05) is 9.49 Å². The minimum absolute atomic E-state index is 0.0473. The van der Waals surface area contributed by atoms with Crippen LogP contribution in [0.1, 0.15) is 31.9 Å². The molecule has 3 rings (SSSR count). The van der Waals surface area contributed by atoms with Gasteiger partial charge in [0.15, 0.2) is 11.0 Å². The maximum Gasteiger partial charge on any atom is 0.193 e. The fourth-order valence-corrected chi connectivity index (χ4v) is 4.05. The fraction of sp³-hybridized carbons (Fsp3) is 0.263. The molecule has 0 spiro atoms. The first-order valence-corrected chi connectivity index (χ1v) is 10.2. The van der Waals surface area contributed by atoms with E-state index in [0.717, 1.165) is 24.8 Å². The van der Waals surface area contributed by atoms with Crippen LogP contribution in [-0.4, -0.2) is 7.94 Å². The zero-order valence-electron chi connectivity index (χ0n) is 13.1. The Morgan fingerprint density at radius 3 is 3.00 bits per heavy atom. The minimum Gasteiger partial charge on any atom is -0.454 e. The van der Waals surface area contributed by atoms with E-state index in [0.29, 0.717) is 22.4 Å². The molecule has 0 amide bonds. The quantitative estimate of drug-likeness (QED) is 0.436. The number of nitrogen functional groups attached to an aromatic ring is 1. The molecule has 4 heteroatoms. The Morgan fingerprint density at radius 2 is 2.22 bits per heavy atom. The molecule has 0 aliphatic heterocycles. The zero-order chi connectivity index (χ0) is 16.4. The average Bonchev–Trinajstić information content (AvgIpc) is 2.52. The number of rotatable bonds is 2. The molecule has 1 aromatic heterocycles. The summed E-state index contributed by atoms with van der Waals surface area (Å²) in [4.78, 5) is 12.3. The van der Waals surface area contributed by atoms with Gasteiger partial charge < -0.3 is 10.2 Å². The molecule has 1 aliphatic carbocycles. The molecule has 23 heavy (non-hydrogen) atoms. The second-order valence-corrected chi connectivity index (χ2v) is 9.24. The van der Waals surface area contributed by atoms with Crippen molar-refractivity contribution in [3.8, 4) is 0 Å². The van der Waals surface area contributed by atoms with E-state index in [1.165, 1.54) is 0 Å². The van der Waals surface area contributed by atoms with Crippen molar-refractivity contribution >= 4 is 47.5 Å². The third kappa shape index (κ3) is 3.32. The van der Waals surface area contributed by atoms with Crippen LogP contribution in [0, 0.1) is 0 Å². The van der Waals surface area contributed by atoms with Crippen LogP contribution in [-0.2, 0) is 0 Å². The molecule has 0 bridgehead atoms. The van der Waals surface area contributed by atoms with Crippen molar-refractivity contribution in [1.29, 1.82) is 0 Å². The number of fused-ring (bicyclic) bond motifs is 1. The summed E-state index contributed by atoms with van der Waals surface area (Å²) in [6.45, 7) is 2.28. The predicted octanol–water partition coefficient (Wildman–Crippen LogP) is 4.66. The van der Waals surface area contributed by atoms with E-state index in [1.807, 2.05) is 0 Å². The summed E-state index contributed by atoms with van der Waals surface area (Å²) >= 11 is -0.0866. The van der Waals surface area contributed by atoms with Gasteiger partial charge in [0.05, 0.1) is 11.1 Å². The summed E-state index contributed by atoms with van der Waals surface area (Å²) in [5.74, 6) is 0.623. The van der Waals surface area contributed by atoms with Gasteiger partial charge in [-0.25, -0.2) is 0 Å². The standard InChI is InChI=1S/C19H20INO2/c1-19(20-2)10-4-6-13(7-5-11-19)17-12-16(22)14-8-3-9-15(21)18(14)23-17/h3-4,6,8-10,12H,2,5,7,11,21H2,1H3. The lowest BCUT2D eigenvalue weighted by molar-refractivity contribution is 0.578. The Kier molecular flexibility index (Phi) is 4.53. The van der Waals surface area contributed by atoms with Gasteiger partial charge in [-0.05, 0) is 43.9 Å². The molecule has 120 valence electrons. The summed E-state index contributed by atoms with van der Waals surface area (Å²) in [7, 11) is 0. The number of nitrogens with two attached hydrogens (primary N) is 1. The van der Waals surface area contributed by atoms with Gasteiger partial charge in [0.25, 0.3) is 0 Å². The number of hydrogen-bond acceptors (Lipinski definition) is 3. The second kappa shape index (κ2) is 6.43. The van der Waals surface area contributed by atoms with E-state index in [4.69, 9.17) is 10.2 Å². The summed E-state index contributed by atoms with van der Waals surface area (Å²) in [5.41, 5.74) is 7.95. The predicted molar refractivity (Wildman–Crippen MR) is 107 cm³/mol. The molecule has 0 saturated carbocycles. The number of benzene rings is 1. The van der Waals surface area contributed by atoms with E-state index in [2.05, 4.69) is 29.7 Å². The number of para-hydroxylation sites is 1. The third-order valence-electron chi connectivity index (χ3n) is 4.26. The number of alkyl halides is 1. The van der Waals surface area contributed by atoms with Crippen molar-refractivity contribution < 1.29 is 4.42 Å². The second-order valence-electron chi connectivity index (χ2n) is 6.02. The summed E-state index contributed by atoms with van der Waals surface area (Å²) in [5, 5.41) is 0.533. The van der Waals surface area contributed by atoms with Crippen molar-refractivity contribution in [1.82, 2.24) is 0 Å². The van der Waals surface area contributed by atoms with E-state index < -0.39 is 0 Å². The Balaban J connectivity index is 2.08. The van der Waals surface area contributed by atoms with E-state index in [9.17, 15) is 4.79 Å². The molecule has 1 aliphatic rings. The molecule has 1 unspecified atom stereocenters. The monoisotopic (exact) mass is 421 g/mol. The van der Waals surface area contributed by atoms with Crippen molar-refractivity contribution in [3.63, 3.8) is 0 Å². The third-order valence-corrected chi connectivity index (χ3v) is 6.90. The molecular weight excluding hydrogens is 401 g/mol. The van der Waals surface area contributed by atoms with Gasteiger partial charge in [-0.1, -0.05) is 28.8 Å². The average molecular weight is 421 g/mol. The van der Waals surface area contributed by atoms with Crippen LogP contribution in [0.2, 0.25) is 0 Å². The van der Waals surface area contributed by atoms with Crippen molar-refractivity contribution in [3.05, 3.63) is 58.5 Å². The smallest absolute Gasteiger partial charge is 0.193 e. The van der Waals surface area contributed by atoms with Crippen LogP contribution < -0.4 is 11.2 Å². The molecule has 3 nitrogen and oxygen atoms in total. The van der Waals surface area contributed by atoms with Gasteiger partial charge in [-0.2, -0.15) is 0 Å². The number of halogens is 1. The van der Waals surface area contributed by atoms with Crippen molar-refractivity contribution in [2.75, 3.05) is 5.73 Å². The lowest BCUT2D eigenvalue weighted by Gasteiger charge is -2.22. The highest BCUT2D eigenvalue weighted by atomic mass is 127. The lowest BCUT2D eigenvalue weighted by Crippen LogP contribution is -2.13. The fourth-order valence-electron chi connectivity index (χ4n) is 2.83. The van der Waals surface area contributed by atoms with Gasteiger partial charge >= 0.3 is 0 Å². The summed E-state index contributed by atoms with van der Waals surface area (Å²) in [6.07, 6.45) is 9.47. The van der Waals surface area contributed by atoms with Crippen molar-refractivity contribution in [2.45, 2.75) is 29.6 Å². The topological polar surface area (TPSA) is 56.2 Å². The van der Waals surface area contributed by atoms with E-state index in [-0.39, 0.29) is 29.6 Å². The first-order valence-electron chi connectivity index (χ1n) is 7.63. The Bertz CT molecular complexity index is 879. The molecule has 0 saturated heterocycles. The van der Waals surface area contributed by atoms with Crippen LogP contribution >= 0.6 is 20.7 Å². The van der Waals surface area contributed by atoms with Crippen LogP contribution in [0.3, 0.4) is 0 Å². The highest BCUT2D eigenvalue weighted by Gasteiger charge is 2.19. The van der Waals surface area contributed by atoms with Crippen LogP contribution in [0.25, 0.3) is 16.5 Å². The molecule has 0 radical (unpaired) electrons. The van der Waals surface area contributed by atoms with Gasteiger partial charge in [0.1, 0.15) is 5.76 Å². The molecule has 2 aromatic rings. The van der Waals surface area contributed by atoms with E-state index >= 15 is 0 Å². The number of anilines is 1. The molecule has 0 fully saturated rings. The molecule has 1 atom stereocenters. The summed E-state index contributed by atoms with van der Waals surface area (Å²) < 4.78 is 10.4. The Labute approximate surface area is 145 Å². The highest BCUT2D eigenvalue weighted by molar-refractivity contribution is 14.2. The molecule has 1 aromatic carbocycles. The Morgan fingerprint density at radius 1 is 1.39 bits per heavy atom. The zero-order valence-corrected chi connectivity index (χ0v) is 15.3. The van der Waals surface area contributed by atoms with Crippen LogP contribution in [0.15, 0.2) is 51.7 Å². The maximum absolute atomic E-state index is 12.3. The SMILES string of the molecule is C=IC1(C)C=CC=C(c2cc(=O)c3cccc(N)c3o2)CCC1.